The quantitative estimate of drug-likeness (QED) is 0.809. The third kappa shape index (κ3) is 3.95. The van der Waals surface area contributed by atoms with Crippen molar-refractivity contribution >= 4 is 5.91 Å². The zero-order chi connectivity index (χ0) is 14.4. The molecule has 2 rings (SSSR count). The van der Waals surface area contributed by atoms with E-state index < -0.39 is 5.82 Å². The van der Waals surface area contributed by atoms with Crippen LogP contribution in [0.15, 0.2) is 18.2 Å². The van der Waals surface area contributed by atoms with Crippen LogP contribution in [0.25, 0.3) is 0 Å². The number of benzene rings is 1. The first-order valence-corrected chi connectivity index (χ1v) is 7.32. The van der Waals surface area contributed by atoms with Gasteiger partial charge in [0.2, 0.25) is 0 Å². The van der Waals surface area contributed by atoms with Crippen LogP contribution >= 0.6 is 0 Å². The van der Waals surface area contributed by atoms with Crippen molar-refractivity contribution in [3.8, 4) is 5.75 Å². The van der Waals surface area contributed by atoms with Crippen molar-refractivity contribution in [2.45, 2.75) is 38.5 Å². The van der Waals surface area contributed by atoms with Gasteiger partial charge in [-0.1, -0.05) is 25.7 Å². The number of carbonyl (C=O) groups is 1. The molecule has 1 fully saturated rings. The zero-order valence-corrected chi connectivity index (χ0v) is 12.0. The second-order valence-corrected chi connectivity index (χ2v) is 5.39. The monoisotopic (exact) mass is 279 g/mol. The molecule has 1 saturated carbocycles. The minimum atomic E-state index is -0.544. The van der Waals surface area contributed by atoms with Gasteiger partial charge in [0.25, 0.3) is 5.91 Å². The maximum absolute atomic E-state index is 13.7. The van der Waals surface area contributed by atoms with Crippen LogP contribution < -0.4 is 10.1 Å². The molecule has 20 heavy (non-hydrogen) atoms. The van der Waals surface area contributed by atoms with E-state index in [0.717, 1.165) is 18.8 Å². The molecular formula is C16H22FNO2. The molecule has 0 bridgehead atoms. The van der Waals surface area contributed by atoms with Gasteiger partial charge < -0.3 is 10.1 Å². The molecule has 0 heterocycles. The summed E-state index contributed by atoms with van der Waals surface area (Å²) >= 11 is 0. The lowest BCUT2D eigenvalue weighted by Gasteiger charge is -2.10. The molecule has 1 aromatic carbocycles. The van der Waals surface area contributed by atoms with Gasteiger partial charge in [0, 0.05) is 12.6 Å². The average molecular weight is 279 g/mol. The number of methoxy groups -OCH3 is 1. The third-order valence-electron chi connectivity index (χ3n) is 3.97. The Kier molecular flexibility index (Phi) is 5.39. The van der Waals surface area contributed by atoms with Crippen molar-refractivity contribution in [1.29, 1.82) is 0 Å². The van der Waals surface area contributed by atoms with E-state index >= 15 is 0 Å². The highest BCUT2D eigenvalue weighted by molar-refractivity contribution is 5.94. The van der Waals surface area contributed by atoms with Crippen LogP contribution in [0.4, 0.5) is 4.39 Å². The smallest absolute Gasteiger partial charge is 0.254 e. The van der Waals surface area contributed by atoms with E-state index in [2.05, 4.69) is 5.32 Å². The maximum atomic E-state index is 13.7. The minimum Gasteiger partial charge on any atom is -0.497 e. The van der Waals surface area contributed by atoms with Crippen LogP contribution in [0.1, 0.15) is 48.9 Å². The highest BCUT2D eigenvalue weighted by Gasteiger charge is 2.15. The van der Waals surface area contributed by atoms with Crippen LogP contribution in [0.3, 0.4) is 0 Å². The first-order valence-electron chi connectivity index (χ1n) is 7.32. The van der Waals surface area contributed by atoms with E-state index in [9.17, 15) is 9.18 Å². The summed E-state index contributed by atoms with van der Waals surface area (Å²) in [6, 6.07) is 4.28. The number of ether oxygens (including phenoxy) is 1. The summed E-state index contributed by atoms with van der Waals surface area (Å²) < 4.78 is 18.6. The predicted molar refractivity (Wildman–Crippen MR) is 76.5 cm³/mol. The molecule has 1 amide bonds. The van der Waals surface area contributed by atoms with Gasteiger partial charge in [-0.15, -0.1) is 0 Å². The average Bonchev–Trinajstić information content (AvgIpc) is 2.96. The summed E-state index contributed by atoms with van der Waals surface area (Å²) in [4.78, 5) is 11.9. The van der Waals surface area contributed by atoms with Gasteiger partial charge in [0.05, 0.1) is 12.7 Å². The molecule has 0 aliphatic heterocycles. The van der Waals surface area contributed by atoms with Crippen LogP contribution in [0, 0.1) is 11.7 Å². The molecule has 1 aliphatic rings. The molecule has 1 N–H and O–H groups in total. The number of hydrogen-bond acceptors (Lipinski definition) is 2. The molecule has 0 aromatic heterocycles. The van der Waals surface area contributed by atoms with Gasteiger partial charge in [-0.3, -0.25) is 4.79 Å². The van der Waals surface area contributed by atoms with Gasteiger partial charge in [-0.25, -0.2) is 4.39 Å². The number of nitrogens with one attached hydrogen (secondary N) is 1. The molecule has 0 radical (unpaired) electrons. The summed E-state index contributed by atoms with van der Waals surface area (Å²) in [5.41, 5.74) is 0.0756. The summed E-state index contributed by atoms with van der Waals surface area (Å²) in [7, 11) is 1.47. The van der Waals surface area contributed by atoms with Gasteiger partial charge in [-0.05, 0) is 30.9 Å². The van der Waals surface area contributed by atoms with Crippen molar-refractivity contribution in [3.63, 3.8) is 0 Å². The molecule has 1 aromatic rings. The van der Waals surface area contributed by atoms with Gasteiger partial charge >= 0.3 is 0 Å². The highest BCUT2D eigenvalue weighted by atomic mass is 19.1. The Hall–Kier alpha value is -1.58. The fourth-order valence-corrected chi connectivity index (χ4v) is 2.79. The topological polar surface area (TPSA) is 38.3 Å². The van der Waals surface area contributed by atoms with Crippen LogP contribution in [0.2, 0.25) is 0 Å². The maximum Gasteiger partial charge on any atom is 0.254 e. The Morgan fingerprint density at radius 1 is 1.40 bits per heavy atom. The van der Waals surface area contributed by atoms with Crippen molar-refractivity contribution in [2.75, 3.05) is 13.7 Å². The number of hydrogen-bond donors (Lipinski definition) is 1. The summed E-state index contributed by atoms with van der Waals surface area (Å²) in [5.74, 6) is 0.346. The molecule has 1 aliphatic carbocycles. The van der Waals surface area contributed by atoms with E-state index in [0.29, 0.717) is 12.3 Å². The van der Waals surface area contributed by atoms with Crippen molar-refractivity contribution < 1.29 is 13.9 Å². The van der Waals surface area contributed by atoms with Crippen LogP contribution in [-0.2, 0) is 0 Å². The van der Waals surface area contributed by atoms with Crippen molar-refractivity contribution in [1.82, 2.24) is 5.32 Å². The molecule has 3 nitrogen and oxygen atoms in total. The molecule has 0 spiro atoms. The Bertz CT molecular complexity index is 456. The molecular weight excluding hydrogens is 257 g/mol. The Balaban J connectivity index is 1.76. The van der Waals surface area contributed by atoms with E-state index in [1.165, 1.54) is 44.9 Å². The van der Waals surface area contributed by atoms with Gasteiger partial charge in [0.15, 0.2) is 0 Å². The summed E-state index contributed by atoms with van der Waals surface area (Å²) in [6.45, 7) is 0.612. The lowest BCUT2D eigenvalue weighted by atomic mass is 10.0. The van der Waals surface area contributed by atoms with Crippen LogP contribution in [0.5, 0.6) is 5.75 Å². The second kappa shape index (κ2) is 7.27. The number of carbonyl (C=O) groups excluding carboxylic acids is 1. The number of halogens is 1. The fraction of sp³-hybridized carbons (Fsp3) is 0.562. The predicted octanol–water partition coefficient (Wildman–Crippen LogP) is 3.53. The molecule has 110 valence electrons. The Labute approximate surface area is 119 Å². The molecule has 0 saturated heterocycles. The lowest BCUT2D eigenvalue weighted by Crippen LogP contribution is -2.25. The first-order chi connectivity index (χ1) is 9.70. The molecule has 4 heteroatoms. The second-order valence-electron chi connectivity index (χ2n) is 5.39. The SMILES string of the molecule is COc1ccc(C(=O)NCCCC2CCCC2)c(F)c1. The van der Waals surface area contributed by atoms with Gasteiger partial charge in [-0.2, -0.15) is 0 Å². The molecule has 0 atom stereocenters. The summed E-state index contributed by atoms with van der Waals surface area (Å²) in [5, 5.41) is 2.78. The third-order valence-corrected chi connectivity index (χ3v) is 3.97. The number of rotatable bonds is 6. The highest BCUT2D eigenvalue weighted by Crippen LogP contribution is 2.28. The van der Waals surface area contributed by atoms with E-state index in [-0.39, 0.29) is 11.5 Å². The fourth-order valence-electron chi connectivity index (χ4n) is 2.79. The van der Waals surface area contributed by atoms with Crippen molar-refractivity contribution in [2.24, 2.45) is 5.92 Å². The van der Waals surface area contributed by atoms with Crippen LogP contribution in [-0.4, -0.2) is 19.6 Å². The Morgan fingerprint density at radius 2 is 2.15 bits per heavy atom. The Morgan fingerprint density at radius 3 is 2.80 bits per heavy atom. The van der Waals surface area contributed by atoms with Gasteiger partial charge in [0.1, 0.15) is 11.6 Å². The standard InChI is InChI=1S/C16H22FNO2/c1-20-13-8-9-14(15(17)11-13)16(19)18-10-4-7-12-5-2-3-6-12/h8-9,11-12H,2-7,10H2,1H3,(H,18,19). The molecule has 0 unspecified atom stereocenters. The first kappa shape index (κ1) is 14.8. The number of amides is 1. The largest absolute Gasteiger partial charge is 0.497 e. The minimum absolute atomic E-state index is 0.0756. The summed E-state index contributed by atoms with van der Waals surface area (Å²) in [6.07, 6.45) is 7.45. The van der Waals surface area contributed by atoms with E-state index in [1.54, 1.807) is 6.07 Å². The zero-order valence-electron chi connectivity index (χ0n) is 12.0. The van der Waals surface area contributed by atoms with E-state index in [1.807, 2.05) is 0 Å². The normalized spacial score (nSPS) is 15.3. The lowest BCUT2D eigenvalue weighted by molar-refractivity contribution is 0.0948. The van der Waals surface area contributed by atoms with E-state index in [4.69, 9.17) is 4.74 Å². The van der Waals surface area contributed by atoms with Crippen molar-refractivity contribution in [3.05, 3.63) is 29.6 Å².